The summed E-state index contributed by atoms with van der Waals surface area (Å²) < 4.78 is 11.0. The Bertz CT molecular complexity index is 126. The fraction of sp³-hybridized carbons (Fsp3) is 1.00. The molecule has 0 aromatic heterocycles. The fourth-order valence-electron chi connectivity index (χ4n) is 1.43. The zero-order valence-corrected chi connectivity index (χ0v) is 11.5. The van der Waals surface area contributed by atoms with Gasteiger partial charge in [-0.2, -0.15) is 0 Å². The van der Waals surface area contributed by atoms with Crippen molar-refractivity contribution in [2.24, 2.45) is 5.92 Å². The van der Waals surface area contributed by atoms with Gasteiger partial charge in [0.15, 0.2) is 0 Å². The summed E-state index contributed by atoms with van der Waals surface area (Å²) in [6, 6.07) is 0. The Morgan fingerprint density at radius 3 is 2.19 bits per heavy atom. The van der Waals surface area contributed by atoms with E-state index in [2.05, 4.69) is 20.8 Å². The van der Waals surface area contributed by atoms with E-state index < -0.39 is 0 Å². The highest BCUT2D eigenvalue weighted by atomic mass is 16.5. The van der Waals surface area contributed by atoms with Gasteiger partial charge in [-0.1, -0.05) is 52.9 Å². The average molecular weight is 230 g/mol. The lowest BCUT2D eigenvalue weighted by atomic mass is 10.1. The third-order valence-corrected chi connectivity index (χ3v) is 2.86. The minimum atomic E-state index is 0.675. The van der Waals surface area contributed by atoms with Crippen LogP contribution >= 0.6 is 0 Å². The highest BCUT2D eigenvalue weighted by Gasteiger charge is 1.97. The second-order valence-electron chi connectivity index (χ2n) is 4.61. The van der Waals surface area contributed by atoms with Crippen molar-refractivity contribution in [3.05, 3.63) is 0 Å². The molecular formula is C14H30O2. The highest BCUT2D eigenvalue weighted by molar-refractivity contribution is 4.46. The van der Waals surface area contributed by atoms with Crippen LogP contribution in [0.3, 0.4) is 0 Å². The van der Waals surface area contributed by atoms with Crippen LogP contribution in [0.15, 0.2) is 0 Å². The Kier molecular flexibility index (Phi) is 12.9. The van der Waals surface area contributed by atoms with E-state index in [1.807, 2.05) is 0 Å². The molecule has 0 saturated heterocycles. The summed E-state index contributed by atoms with van der Waals surface area (Å²) in [5.41, 5.74) is 0. The minimum Gasteiger partial charge on any atom is -0.379 e. The van der Waals surface area contributed by atoms with Crippen LogP contribution in [-0.2, 0) is 9.47 Å². The first-order chi connectivity index (χ1) is 7.81. The standard InChI is InChI=1S/C14H30O2/c1-4-6-7-8-9-10-15-11-12-16-13-14(3)5-2/h14H,4-13H2,1-3H3. The van der Waals surface area contributed by atoms with Gasteiger partial charge < -0.3 is 9.47 Å². The van der Waals surface area contributed by atoms with E-state index in [4.69, 9.17) is 9.47 Å². The quantitative estimate of drug-likeness (QED) is 0.471. The van der Waals surface area contributed by atoms with Gasteiger partial charge in [0.05, 0.1) is 13.2 Å². The molecule has 2 heteroatoms. The number of ether oxygens (including phenoxy) is 2. The summed E-state index contributed by atoms with van der Waals surface area (Å²) in [6.07, 6.45) is 7.72. The van der Waals surface area contributed by atoms with Crippen LogP contribution in [0.5, 0.6) is 0 Å². The summed E-state index contributed by atoms with van der Waals surface area (Å²) in [6.45, 7) is 9.93. The highest BCUT2D eigenvalue weighted by Crippen LogP contribution is 2.02. The van der Waals surface area contributed by atoms with Crippen molar-refractivity contribution >= 4 is 0 Å². The molecule has 98 valence electrons. The number of unbranched alkanes of at least 4 members (excludes halogenated alkanes) is 4. The molecule has 0 aliphatic heterocycles. The van der Waals surface area contributed by atoms with Crippen LogP contribution in [0.1, 0.15) is 59.3 Å². The summed E-state index contributed by atoms with van der Waals surface area (Å²) in [4.78, 5) is 0. The third kappa shape index (κ3) is 12.0. The van der Waals surface area contributed by atoms with Gasteiger partial charge in [-0.25, -0.2) is 0 Å². The Balaban J connectivity index is 2.93. The van der Waals surface area contributed by atoms with Crippen molar-refractivity contribution in [3.63, 3.8) is 0 Å². The Hall–Kier alpha value is -0.0800. The molecule has 0 saturated carbocycles. The molecule has 0 aromatic carbocycles. The molecule has 0 radical (unpaired) electrons. The first kappa shape index (κ1) is 15.9. The molecule has 0 spiro atoms. The third-order valence-electron chi connectivity index (χ3n) is 2.86. The smallest absolute Gasteiger partial charge is 0.0700 e. The van der Waals surface area contributed by atoms with Crippen LogP contribution in [0.25, 0.3) is 0 Å². The molecule has 0 heterocycles. The zero-order chi connectivity index (χ0) is 12.1. The molecule has 0 rings (SSSR count). The predicted molar refractivity (Wildman–Crippen MR) is 69.9 cm³/mol. The van der Waals surface area contributed by atoms with E-state index in [-0.39, 0.29) is 0 Å². The van der Waals surface area contributed by atoms with Crippen molar-refractivity contribution in [2.75, 3.05) is 26.4 Å². The van der Waals surface area contributed by atoms with E-state index in [1.54, 1.807) is 0 Å². The zero-order valence-electron chi connectivity index (χ0n) is 11.5. The van der Waals surface area contributed by atoms with Gasteiger partial charge >= 0.3 is 0 Å². The van der Waals surface area contributed by atoms with Crippen molar-refractivity contribution in [3.8, 4) is 0 Å². The maximum Gasteiger partial charge on any atom is 0.0700 e. The van der Waals surface area contributed by atoms with Crippen molar-refractivity contribution in [1.29, 1.82) is 0 Å². The SMILES string of the molecule is CCCCCCCOCCOCC(C)CC. The van der Waals surface area contributed by atoms with Crippen LogP contribution in [0.2, 0.25) is 0 Å². The molecule has 2 nitrogen and oxygen atoms in total. The normalized spacial score (nSPS) is 12.9. The molecule has 0 aliphatic carbocycles. The molecule has 16 heavy (non-hydrogen) atoms. The van der Waals surface area contributed by atoms with Crippen LogP contribution in [-0.4, -0.2) is 26.4 Å². The predicted octanol–water partition coefficient (Wildman–Crippen LogP) is 4.04. The van der Waals surface area contributed by atoms with Gasteiger partial charge in [0.1, 0.15) is 0 Å². The maximum absolute atomic E-state index is 5.51. The first-order valence-electron chi connectivity index (χ1n) is 6.96. The van der Waals surface area contributed by atoms with Gasteiger partial charge in [0.2, 0.25) is 0 Å². The second-order valence-corrected chi connectivity index (χ2v) is 4.61. The van der Waals surface area contributed by atoms with Crippen molar-refractivity contribution < 1.29 is 9.47 Å². The Morgan fingerprint density at radius 2 is 1.50 bits per heavy atom. The first-order valence-corrected chi connectivity index (χ1v) is 6.96. The monoisotopic (exact) mass is 230 g/mol. The second kappa shape index (κ2) is 13.0. The van der Waals surface area contributed by atoms with Crippen LogP contribution in [0, 0.1) is 5.92 Å². The molecule has 1 atom stereocenters. The molecule has 0 N–H and O–H groups in total. The van der Waals surface area contributed by atoms with E-state index in [0.29, 0.717) is 5.92 Å². The van der Waals surface area contributed by atoms with E-state index in [9.17, 15) is 0 Å². The summed E-state index contributed by atoms with van der Waals surface area (Å²) in [5, 5.41) is 0. The number of hydrogen-bond acceptors (Lipinski definition) is 2. The minimum absolute atomic E-state index is 0.675. The van der Waals surface area contributed by atoms with E-state index in [1.165, 1.54) is 38.5 Å². The largest absolute Gasteiger partial charge is 0.379 e. The van der Waals surface area contributed by atoms with Gasteiger partial charge in [-0.05, 0) is 12.3 Å². The van der Waals surface area contributed by atoms with Crippen molar-refractivity contribution in [1.82, 2.24) is 0 Å². The lowest BCUT2D eigenvalue weighted by Crippen LogP contribution is -2.10. The molecule has 0 aliphatic rings. The number of rotatable bonds is 12. The van der Waals surface area contributed by atoms with Crippen molar-refractivity contribution in [2.45, 2.75) is 59.3 Å². The molecule has 0 aromatic rings. The summed E-state index contributed by atoms with van der Waals surface area (Å²) >= 11 is 0. The van der Waals surface area contributed by atoms with Gasteiger partial charge in [0.25, 0.3) is 0 Å². The molecule has 1 unspecified atom stereocenters. The number of hydrogen-bond donors (Lipinski definition) is 0. The molecule has 0 bridgehead atoms. The lowest BCUT2D eigenvalue weighted by Gasteiger charge is -2.09. The van der Waals surface area contributed by atoms with Crippen LogP contribution < -0.4 is 0 Å². The van der Waals surface area contributed by atoms with E-state index >= 15 is 0 Å². The van der Waals surface area contributed by atoms with Gasteiger partial charge in [0, 0.05) is 13.2 Å². The fourth-order valence-corrected chi connectivity index (χ4v) is 1.43. The van der Waals surface area contributed by atoms with Gasteiger partial charge in [-0.15, -0.1) is 0 Å². The molecule has 0 fully saturated rings. The lowest BCUT2D eigenvalue weighted by molar-refractivity contribution is 0.0340. The Morgan fingerprint density at radius 1 is 0.812 bits per heavy atom. The summed E-state index contributed by atoms with van der Waals surface area (Å²) in [5.74, 6) is 0.675. The van der Waals surface area contributed by atoms with Crippen LogP contribution in [0.4, 0.5) is 0 Å². The van der Waals surface area contributed by atoms with E-state index in [0.717, 1.165) is 26.4 Å². The molecule has 0 amide bonds. The maximum atomic E-state index is 5.51. The molecular weight excluding hydrogens is 200 g/mol. The topological polar surface area (TPSA) is 18.5 Å². The Labute approximate surface area is 102 Å². The van der Waals surface area contributed by atoms with Gasteiger partial charge in [-0.3, -0.25) is 0 Å². The summed E-state index contributed by atoms with van der Waals surface area (Å²) in [7, 11) is 0. The average Bonchev–Trinajstić information content (AvgIpc) is 2.31.